The van der Waals surface area contributed by atoms with E-state index in [1.807, 2.05) is 0 Å². The molecule has 0 saturated carbocycles. The SMILES string of the molecule is COc1ccc(F)cc1S(=O)(=O)NCCOc1cc(N2CCCC2)nc(C)n1. The van der Waals surface area contributed by atoms with E-state index in [-0.39, 0.29) is 23.8 Å². The predicted molar refractivity (Wildman–Crippen MR) is 102 cm³/mol. The van der Waals surface area contributed by atoms with E-state index in [1.165, 1.54) is 13.2 Å². The van der Waals surface area contributed by atoms with E-state index in [1.54, 1.807) is 13.0 Å². The number of sulfonamides is 1. The number of nitrogens with zero attached hydrogens (tertiary/aromatic N) is 3. The quantitative estimate of drug-likeness (QED) is 0.664. The lowest BCUT2D eigenvalue weighted by Gasteiger charge is -2.17. The lowest BCUT2D eigenvalue weighted by atomic mass is 10.3. The van der Waals surface area contributed by atoms with Crippen molar-refractivity contribution in [2.75, 3.05) is 38.3 Å². The van der Waals surface area contributed by atoms with Crippen LogP contribution >= 0.6 is 0 Å². The number of hydrogen-bond acceptors (Lipinski definition) is 7. The molecule has 10 heteroatoms. The summed E-state index contributed by atoms with van der Waals surface area (Å²) < 4.78 is 51.2. The largest absolute Gasteiger partial charge is 0.495 e. The number of halogens is 1. The minimum atomic E-state index is -3.95. The Morgan fingerprint density at radius 3 is 2.68 bits per heavy atom. The van der Waals surface area contributed by atoms with Gasteiger partial charge in [-0.05, 0) is 38.0 Å². The maximum absolute atomic E-state index is 13.4. The van der Waals surface area contributed by atoms with Crippen LogP contribution in [0.3, 0.4) is 0 Å². The van der Waals surface area contributed by atoms with E-state index in [0.29, 0.717) is 11.7 Å². The minimum Gasteiger partial charge on any atom is -0.495 e. The van der Waals surface area contributed by atoms with Crippen LogP contribution in [0.1, 0.15) is 18.7 Å². The van der Waals surface area contributed by atoms with Gasteiger partial charge in [-0.3, -0.25) is 0 Å². The van der Waals surface area contributed by atoms with Crippen molar-refractivity contribution < 1.29 is 22.3 Å². The minimum absolute atomic E-state index is 0.00982. The number of nitrogens with one attached hydrogen (secondary N) is 1. The summed E-state index contributed by atoms with van der Waals surface area (Å²) in [5.41, 5.74) is 0. The number of benzene rings is 1. The molecule has 1 saturated heterocycles. The molecule has 0 atom stereocenters. The Bertz CT molecular complexity index is 933. The van der Waals surface area contributed by atoms with Crippen molar-refractivity contribution in [3.8, 4) is 11.6 Å². The molecule has 0 bridgehead atoms. The van der Waals surface area contributed by atoms with E-state index >= 15 is 0 Å². The molecule has 1 fully saturated rings. The highest BCUT2D eigenvalue weighted by molar-refractivity contribution is 7.89. The third-order valence-electron chi connectivity index (χ3n) is 4.29. The van der Waals surface area contributed by atoms with E-state index in [4.69, 9.17) is 9.47 Å². The van der Waals surface area contributed by atoms with Gasteiger partial charge in [-0.1, -0.05) is 0 Å². The summed E-state index contributed by atoms with van der Waals surface area (Å²) in [5, 5.41) is 0. The maximum Gasteiger partial charge on any atom is 0.244 e. The first-order chi connectivity index (χ1) is 13.4. The Hall–Kier alpha value is -2.46. The van der Waals surface area contributed by atoms with Crippen LogP contribution in [0.5, 0.6) is 11.6 Å². The van der Waals surface area contributed by atoms with Gasteiger partial charge in [0.05, 0.1) is 7.11 Å². The zero-order chi connectivity index (χ0) is 20.1. The topological polar surface area (TPSA) is 93.7 Å². The van der Waals surface area contributed by atoms with Crippen LogP contribution < -0.4 is 19.1 Å². The van der Waals surface area contributed by atoms with Crippen LogP contribution in [0.25, 0.3) is 0 Å². The van der Waals surface area contributed by atoms with E-state index in [9.17, 15) is 12.8 Å². The number of aromatic nitrogens is 2. The summed E-state index contributed by atoms with van der Waals surface area (Å²) in [6, 6.07) is 5.07. The number of hydrogen-bond donors (Lipinski definition) is 1. The van der Waals surface area contributed by atoms with Gasteiger partial charge in [0, 0.05) is 25.7 Å². The highest BCUT2D eigenvalue weighted by Crippen LogP contribution is 2.24. The first-order valence-electron chi connectivity index (χ1n) is 8.96. The summed E-state index contributed by atoms with van der Waals surface area (Å²) >= 11 is 0. The zero-order valence-corrected chi connectivity index (χ0v) is 16.6. The normalized spacial score (nSPS) is 14.3. The number of rotatable bonds is 8. The second-order valence-electron chi connectivity index (χ2n) is 6.35. The van der Waals surface area contributed by atoms with Crippen molar-refractivity contribution in [2.24, 2.45) is 0 Å². The fourth-order valence-corrected chi connectivity index (χ4v) is 4.17. The molecule has 8 nitrogen and oxygen atoms in total. The van der Waals surface area contributed by atoms with Crippen LogP contribution in [0, 0.1) is 12.7 Å². The molecule has 28 heavy (non-hydrogen) atoms. The Morgan fingerprint density at radius 2 is 1.96 bits per heavy atom. The van der Waals surface area contributed by atoms with Gasteiger partial charge in [-0.25, -0.2) is 22.5 Å². The fraction of sp³-hybridized carbons (Fsp3) is 0.444. The van der Waals surface area contributed by atoms with Gasteiger partial charge in [-0.15, -0.1) is 0 Å². The molecule has 0 unspecified atom stereocenters. The third kappa shape index (κ3) is 4.87. The van der Waals surface area contributed by atoms with Crippen molar-refractivity contribution in [2.45, 2.75) is 24.7 Å². The van der Waals surface area contributed by atoms with E-state index in [2.05, 4.69) is 19.6 Å². The highest BCUT2D eigenvalue weighted by Gasteiger charge is 2.20. The second kappa shape index (κ2) is 8.70. The van der Waals surface area contributed by atoms with Gasteiger partial charge in [0.2, 0.25) is 15.9 Å². The molecule has 1 aliphatic rings. The first kappa shape index (κ1) is 20.3. The van der Waals surface area contributed by atoms with Crippen LogP contribution in [-0.4, -0.2) is 51.7 Å². The number of anilines is 1. The van der Waals surface area contributed by atoms with Crippen molar-refractivity contribution in [1.82, 2.24) is 14.7 Å². The van der Waals surface area contributed by atoms with Gasteiger partial charge in [0.1, 0.15) is 34.7 Å². The lowest BCUT2D eigenvalue weighted by molar-refractivity contribution is 0.309. The maximum atomic E-state index is 13.4. The average Bonchev–Trinajstić information content (AvgIpc) is 3.20. The summed E-state index contributed by atoms with van der Waals surface area (Å²) in [4.78, 5) is 10.6. The molecule has 2 aromatic rings. The van der Waals surface area contributed by atoms with Crippen LogP contribution in [0.15, 0.2) is 29.2 Å². The molecule has 2 heterocycles. The fourth-order valence-electron chi connectivity index (χ4n) is 2.98. The monoisotopic (exact) mass is 410 g/mol. The number of methoxy groups -OCH3 is 1. The number of aryl methyl sites for hydroxylation is 1. The Labute approximate surface area is 163 Å². The van der Waals surface area contributed by atoms with Gasteiger partial charge < -0.3 is 14.4 Å². The molecule has 0 amide bonds. The van der Waals surface area contributed by atoms with Gasteiger partial charge in [0.25, 0.3) is 0 Å². The van der Waals surface area contributed by atoms with E-state index in [0.717, 1.165) is 43.9 Å². The summed E-state index contributed by atoms with van der Waals surface area (Å²) in [7, 11) is -2.62. The van der Waals surface area contributed by atoms with Crippen molar-refractivity contribution >= 4 is 15.8 Å². The Balaban J connectivity index is 1.60. The molecular formula is C18H23FN4O4S. The smallest absolute Gasteiger partial charge is 0.244 e. The second-order valence-corrected chi connectivity index (χ2v) is 8.08. The van der Waals surface area contributed by atoms with Crippen molar-refractivity contribution in [3.05, 3.63) is 35.9 Å². The predicted octanol–water partition coefficient (Wildman–Crippen LogP) is 1.89. The molecule has 1 aliphatic heterocycles. The molecule has 3 rings (SSSR count). The molecule has 1 aromatic heterocycles. The van der Waals surface area contributed by atoms with Gasteiger partial charge in [0.15, 0.2) is 0 Å². The van der Waals surface area contributed by atoms with Crippen LogP contribution in [0.2, 0.25) is 0 Å². The highest BCUT2D eigenvalue weighted by atomic mass is 32.2. The molecule has 152 valence electrons. The van der Waals surface area contributed by atoms with E-state index < -0.39 is 15.8 Å². The Kier molecular flexibility index (Phi) is 6.30. The van der Waals surface area contributed by atoms with Crippen LogP contribution in [0.4, 0.5) is 10.2 Å². The molecule has 1 aromatic carbocycles. The molecule has 0 aliphatic carbocycles. The summed E-state index contributed by atoms with van der Waals surface area (Å²) in [5.74, 6) is 1.19. The first-order valence-corrected chi connectivity index (χ1v) is 10.4. The summed E-state index contributed by atoms with van der Waals surface area (Å²) in [6.07, 6.45) is 2.26. The molecule has 0 radical (unpaired) electrons. The van der Waals surface area contributed by atoms with Gasteiger partial charge in [-0.2, -0.15) is 4.98 Å². The standard InChI is InChI=1S/C18H23FN4O4S/c1-13-21-17(23-8-3-4-9-23)12-18(22-13)27-10-7-20-28(24,25)16-11-14(19)5-6-15(16)26-2/h5-6,11-12,20H,3-4,7-10H2,1-2H3. The zero-order valence-electron chi connectivity index (χ0n) is 15.8. The average molecular weight is 410 g/mol. The van der Waals surface area contributed by atoms with Crippen LogP contribution in [-0.2, 0) is 10.0 Å². The van der Waals surface area contributed by atoms with Crippen molar-refractivity contribution in [3.63, 3.8) is 0 Å². The summed E-state index contributed by atoms with van der Waals surface area (Å²) in [6.45, 7) is 3.73. The third-order valence-corrected chi connectivity index (χ3v) is 5.77. The molecule has 0 spiro atoms. The number of ether oxygens (including phenoxy) is 2. The molecule has 1 N–H and O–H groups in total. The van der Waals surface area contributed by atoms with Crippen molar-refractivity contribution in [1.29, 1.82) is 0 Å². The lowest BCUT2D eigenvalue weighted by Crippen LogP contribution is -2.29. The Morgan fingerprint density at radius 1 is 1.21 bits per heavy atom. The van der Waals surface area contributed by atoms with Gasteiger partial charge >= 0.3 is 0 Å². The molecular weight excluding hydrogens is 387 g/mol.